The number of aryl methyl sites for hydroxylation is 1. The molecule has 1 saturated heterocycles. The maximum Gasteiger partial charge on any atom is 0.294 e. The smallest absolute Gasteiger partial charge is 0.294 e. The van der Waals surface area contributed by atoms with Crippen LogP contribution in [-0.2, 0) is 9.59 Å². The summed E-state index contributed by atoms with van der Waals surface area (Å²) < 4.78 is 11.0. The number of unbranched alkanes of at least 4 members (excludes halogenated alkanes) is 1. The molecule has 0 spiro atoms. The summed E-state index contributed by atoms with van der Waals surface area (Å²) in [5.74, 6) is 0.0132. The first-order valence-electron chi connectivity index (χ1n) is 10.2. The molecule has 0 aliphatic carbocycles. The SMILES string of the molecule is COc1cc(C=C2SC(=O)N(CC(=O)Nc3ccccc3C)C2=O)ccc1OCCCC#N. The number of carbonyl (C=O) groups excluding carboxylic acids is 3. The van der Waals surface area contributed by atoms with Gasteiger partial charge in [0.25, 0.3) is 11.1 Å². The molecule has 0 saturated carbocycles. The Balaban J connectivity index is 1.68. The van der Waals surface area contributed by atoms with Gasteiger partial charge in [0.15, 0.2) is 11.5 Å². The van der Waals surface area contributed by atoms with Crippen LogP contribution in [0, 0.1) is 18.3 Å². The number of anilines is 1. The highest BCUT2D eigenvalue weighted by Crippen LogP contribution is 2.34. The molecule has 1 heterocycles. The van der Waals surface area contributed by atoms with Crippen LogP contribution in [0.1, 0.15) is 24.0 Å². The third-order valence-corrected chi connectivity index (χ3v) is 5.68. The molecule has 0 bridgehead atoms. The van der Waals surface area contributed by atoms with Crippen molar-refractivity contribution < 1.29 is 23.9 Å². The first-order chi connectivity index (χ1) is 15.9. The molecule has 3 rings (SSSR count). The third-order valence-electron chi connectivity index (χ3n) is 4.77. The van der Waals surface area contributed by atoms with E-state index in [4.69, 9.17) is 14.7 Å². The number of rotatable bonds is 9. The van der Waals surface area contributed by atoms with Gasteiger partial charge >= 0.3 is 0 Å². The highest BCUT2D eigenvalue weighted by molar-refractivity contribution is 8.18. The van der Waals surface area contributed by atoms with Crippen LogP contribution in [0.15, 0.2) is 47.4 Å². The minimum absolute atomic E-state index is 0.216. The van der Waals surface area contributed by atoms with Gasteiger partial charge in [-0.15, -0.1) is 0 Å². The summed E-state index contributed by atoms with van der Waals surface area (Å²) in [5.41, 5.74) is 2.16. The Bertz CT molecular complexity index is 1140. The molecule has 3 amide bonds. The van der Waals surface area contributed by atoms with Gasteiger partial charge in [0.2, 0.25) is 5.91 Å². The maximum atomic E-state index is 12.8. The Morgan fingerprint density at radius 3 is 2.73 bits per heavy atom. The molecule has 1 aliphatic rings. The average Bonchev–Trinajstić information content (AvgIpc) is 3.06. The first kappa shape index (κ1) is 23.9. The molecule has 1 aliphatic heterocycles. The predicted octanol–water partition coefficient (Wildman–Crippen LogP) is 4.36. The number of nitriles is 1. The summed E-state index contributed by atoms with van der Waals surface area (Å²) in [5, 5.41) is 10.8. The molecule has 1 N–H and O–H groups in total. The van der Waals surface area contributed by atoms with Crippen LogP contribution in [0.4, 0.5) is 10.5 Å². The number of hydrogen-bond donors (Lipinski definition) is 1. The van der Waals surface area contributed by atoms with E-state index in [0.29, 0.717) is 42.2 Å². The number of carbonyl (C=O) groups is 3. The maximum absolute atomic E-state index is 12.8. The molecule has 8 nitrogen and oxygen atoms in total. The van der Waals surface area contributed by atoms with Crippen molar-refractivity contribution in [1.29, 1.82) is 5.26 Å². The molecule has 0 aromatic heterocycles. The molecule has 1 fully saturated rings. The summed E-state index contributed by atoms with van der Waals surface area (Å²) >= 11 is 0.781. The van der Waals surface area contributed by atoms with Crippen LogP contribution >= 0.6 is 11.8 Å². The molecule has 33 heavy (non-hydrogen) atoms. The molecule has 9 heteroatoms. The zero-order valence-electron chi connectivity index (χ0n) is 18.3. The second-order valence-corrected chi connectivity index (χ2v) is 8.14. The fourth-order valence-corrected chi connectivity index (χ4v) is 3.90. The summed E-state index contributed by atoms with van der Waals surface area (Å²) in [7, 11) is 1.50. The molecule has 2 aromatic carbocycles. The second-order valence-electron chi connectivity index (χ2n) is 7.15. The molecule has 0 radical (unpaired) electrons. The van der Waals surface area contributed by atoms with Crippen LogP contribution in [0.25, 0.3) is 6.08 Å². The lowest BCUT2D eigenvalue weighted by atomic mass is 10.2. The monoisotopic (exact) mass is 465 g/mol. The van der Waals surface area contributed by atoms with Crippen LogP contribution in [0.3, 0.4) is 0 Å². The van der Waals surface area contributed by atoms with Crippen LogP contribution in [0.5, 0.6) is 11.5 Å². The van der Waals surface area contributed by atoms with Crippen molar-refractivity contribution in [3.05, 3.63) is 58.5 Å². The summed E-state index contributed by atoms with van der Waals surface area (Å²) in [6.45, 7) is 1.87. The molecule has 0 atom stereocenters. The fourth-order valence-electron chi connectivity index (χ4n) is 3.06. The van der Waals surface area contributed by atoms with Crippen molar-refractivity contribution in [3.63, 3.8) is 0 Å². The van der Waals surface area contributed by atoms with Gasteiger partial charge in [-0.05, 0) is 60.5 Å². The van der Waals surface area contributed by atoms with Gasteiger partial charge in [0, 0.05) is 12.1 Å². The zero-order valence-corrected chi connectivity index (χ0v) is 19.1. The van der Waals surface area contributed by atoms with Gasteiger partial charge in [-0.2, -0.15) is 5.26 Å². The number of nitrogens with zero attached hydrogens (tertiary/aromatic N) is 2. The van der Waals surface area contributed by atoms with Crippen molar-refractivity contribution in [3.8, 4) is 17.6 Å². The molecular formula is C24H23N3O5S. The van der Waals surface area contributed by atoms with Gasteiger partial charge < -0.3 is 14.8 Å². The Hall–Kier alpha value is -3.77. The van der Waals surface area contributed by atoms with Gasteiger partial charge in [0.1, 0.15) is 6.54 Å². The summed E-state index contributed by atoms with van der Waals surface area (Å²) in [6, 6.07) is 14.5. The van der Waals surface area contributed by atoms with Crippen LogP contribution < -0.4 is 14.8 Å². The van der Waals surface area contributed by atoms with Crippen molar-refractivity contribution in [2.24, 2.45) is 0 Å². The predicted molar refractivity (Wildman–Crippen MR) is 126 cm³/mol. The van der Waals surface area contributed by atoms with Gasteiger partial charge in [-0.25, -0.2) is 0 Å². The number of nitrogens with one attached hydrogen (secondary N) is 1. The van der Waals surface area contributed by atoms with Gasteiger partial charge in [-0.3, -0.25) is 19.3 Å². The Morgan fingerprint density at radius 2 is 2.00 bits per heavy atom. The van der Waals surface area contributed by atoms with Gasteiger partial charge in [0.05, 0.1) is 24.7 Å². The number of para-hydroxylation sites is 1. The summed E-state index contributed by atoms with van der Waals surface area (Å²) in [6.07, 6.45) is 2.58. The Kier molecular flexibility index (Phi) is 8.11. The summed E-state index contributed by atoms with van der Waals surface area (Å²) in [4.78, 5) is 38.7. The van der Waals surface area contributed by atoms with E-state index < -0.39 is 17.1 Å². The Labute approximate surface area is 196 Å². The number of thioether (sulfide) groups is 1. The number of imide groups is 1. The molecule has 0 unspecified atom stereocenters. The van der Waals surface area contributed by atoms with Crippen molar-refractivity contribution >= 4 is 40.6 Å². The van der Waals surface area contributed by atoms with E-state index in [-0.39, 0.29) is 11.4 Å². The number of ether oxygens (including phenoxy) is 2. The quantitative estimate of drug-likeness (QED) is 0.433. The fraction of sp³-hybridized carbons (Fsp3) is 0.250. The first-order valence-corrected chi connectivity index (χ1v) is 11.0. The topological polar surface area (TPSA) is 109 Å². The molecule has 170 valence electrons. The second kappa shape index (κ2) is 11.2. The van der Waals surface area contributed by atoms with Crippen molar-refractivity contribution in [1.82, 2.24) is 4.90 Å². The normalized spacial score (nSPS) is 14.3. The third kappa shape index (κ3) is 6.14. The van der Waals surface area contributed by atoms with Crippen LogP contribution in [0.2, 0.25) is 0 Å². The zero-order chi connectivity index (χ0) is 23.8. The number of hydrogen-bond acceptors (Lipinski definition) is 7. The average molecular weight is 466 g/mol. The Morgan fingerprint density at radius 1 is 1.21 bits per heavy atom. The van der Waals surface area contributed by atoms with Crippen LogP contribution in [-0.4, -0.2) is 42.2 Å². The molecule has 2 aromatic rings. The highest BCUT2D eigenvalue weighted by atomic mass is 32.2. The number of methoxy groups -OCH3 is 1. The van der Waals surface area contributed by atoms with E-state index in [0.717, 1.165) is 22.2 Å². The largest absolute Gasteiger partial charge is 0.493 e. The van der Waals surface area contributed by atoms with Crippen molar-refractivity contribution in [2.75, 3.05) is 25.6 Å². The van der Waals surface area contributed by atoms with E-state index in [1.165, 1.54) is 7.11 Å². The van der Waals surface area contributed by atoms with E-state index in [2.05, 4.69) is 11.4 Å². The minimum Gasteiger partial charge on any atom is -0.493 e. The number of benzene rings is 2. The highest BCUT2D eigenvalue weighted by Gasteiger charge is 2.36. The van der Waals surface area contributed by atoms with Crippen molar-refractivity contribution in [2.45, 2.75) is 19.8 Å². The lowest BCUT2D eigenvalue weighted by Crippen LogP contribution is -2.36. The lowest BCUT2D eigenvalue weighted by Gasteiger charge is -2.13. The van der Waals surface area contributed by atoms with E-state index >= 15 is 0 Å². The van der Waals surface area contributed by atoms with E-state index in [9.17, 15) is 14.4 Å². The van der Waals surface area contributed by atoms with E-state index in [1.54, 1.807) is 36.4 Å². The number of amides is 3. The minimum atomic E-state index is -0.527. The molecular weight excluding hydrogens is 442 g/mol. The standard InChI is InChI=1S/C24H23N3O5S/c1-16-7-3-4-8-18(16)26-22(28)15-27-23(29)21(33-24(27)30)14-17-9-10-19(20(13-17)31-2)32-12-6-5-11-25/h3-4,7-10,13-14H,5-6,12,15H2,1-2H3,(H,26,28). The lowest BCUT2D eigenvalue weighted by molar-refractivity contribution is -0.127. The van der Waals surface area contributed by atoms with E-state index in [1.807, 2.05) is 19.1 Å². The van der Waals surface area contributed by atoms with Gasteiger partial charge in [-0.1, -0.05) is 24.3 Å².